The number of rotatable bonds is 8. The molecule has 0 radical (unpaired) electrons. The summed E-state index contributed by atoms with van der Waals surface area (Å²) in [5.74, 6) is -0.00378. The molecule has 164 valence electrons. The third-order valence-corrected chi connectivity index (χ3v) is 5.06. The van der Waals surface area contributed by atoms with Crippen LogP contribution in [-0.2, 0) is 16.1 Å². The molecular weight excluding hydrogens is 394 g/mol. The molecule has 1 saturated heterocycles. The zero-order chi connectivity index (χ0) is 22.4. The van der Waals surface area contributed by atoms with Crippen molar-refractivity contribution in [1.29, 1.82) is 0 Å². The predicted molar refractivity (Wildman–Crippen MR) is 120 cm³/mol. The quantitative estimate of drug-likeness (QED) is 0.677. The van der Waals surface area contributed by atoms with Crippen molar-refractivity contribution in [2.24, 2.45) is 5.92 Å². The number of amides is 3. The van der Waals surface area contributed by atoms with Crippen molar-refractivity contribution >= 4 is 29.1 Å². The van der Waals surface area contributed by atoms with Crippen LogP contribution < -0.4 is 20.3 Å². The summed E-state index contributed by atoms with van der Waals surface area (Å²) in [4.78, 5) is 38.7. The zero-order valence-corrected chi connectivity index (χ0v) is 18.2. The van der Waals surface area contributed by atoms with Gasteiger partial charge in [0.1, 0.15) is 5.75 Å². The van der Waals surface area contributed by atoms with Crippen molar-refractivity contribution in [3.05, 3.63) is 53.6 Å². The van der Waals surface area contributed by atoms with Gasteiger partial charge < -0.3 is 20.3 Å². The molecule has 2 aromatic rings. The maximum Gasteiger partial charge on any atom is 0.255 e. The number of nitrogens with one attached hydrogen (secondary N) is 2. The van der Waals surface area contributed by atoms with E-state index in [2.05, 4.69) is 10.6 Å². The van der Waals surface area contributed by atoms with Crippen molar-refractivity contribution in [2.75, 3.05) is 23.4 Å². The van der Waals surface area contributed by atoms with Crippen LogP contribution in [0, 0.1) is 5.92 Å². The first-order chi connectivity index (χ1) is 14.9. The minimum absolute atomic E-state index is 0.121. The van der Waals surface area contributed by atoms with E-state index in [0.717, 1.165) is 24.2 Å². The van der Waals surface area contributed by atoms with Gasteiger partial charge in [-0.3, -0.25) is 14.4 Å². The molecule has 2 aromatic carbocycles. The molecule has 0 atom stereocenters. The molecule has 3 amide bonds. The number of nitrogens with zero attached hydrogens (tertiary/aromatic N) is 1. The molecule has 1 aliphatic heterocycles. The molecule has 0 aliphatic carbocycles. The van der Waals surface area contributed by atoms with Crippen LogP contribution in [0.1, 0.15) is 49.5 Å². The average Bonchev–Trinajstić information content (AvgIpc) is 3.19. The molecule has 0 bridgehead atoms. The number of carbonyl (C=O) groups is 3. The maximum atomic E-state index is 12.9. The first-order valence-electron chi connectivity index (χ1n) is 10.6. The number of hydrogen-bond donors (Lipinski definition) is 2. The summed E-state index contributed by atoms with van der Waals surface area (Å²) in [6.45, 7) is 6.91. The van der Waals surface area contributed by atoms with Gasteiger partial charge in [-0.25, -0.2) is 0 Å². The zero-order valence-electron chi connectivity index (χ0n) is 18.2. The minimum Gasteiger partial charge on any atom is -0.493 e. The number of benzene rings is 2. The molecule has 31 heavy (non-hydrogen) atoms. The molecule has 0 spiro atoms. The number of carbonyl (C=O) groups excluding carboxylic acids is 3. The van der Waals surface area contributed by atoms with Crippen LogP contribution >= 0.6 is 0 Å². The molecule has 3 rings (SSSR count). The highest BCUT2D eigenvalue weighted by Gasteiger charge is 2.22. The minimum atomic E-state index is -0.299. The maximum absolute atomic E-state index is 12.9. The van der Waals surface area contributed by atoms with E-state index < -0.39 is 0 Å². The van der Waals surface area contributed by atoms with Crippen LogP contribution in [0.4, 0.5) is 11.4 Å². The lowest BCUT2D eigenvalue weighted by molar-refractivity contribution is -0.119. The Morgan fingerprint density at radius 1 is 1.16 bits per heavy atom. The van der Waals surface area contributed by atoms with Crippen LogP contribution in [0.2, 0.25) is 0 Å². The fourth-order valence-corrected chi connectivity index (χ4v) is 3.39. The molecule has 7 heteroatoms. The first-order valence-corrected chi connectivity index (χ1v) is 10.6. The normalized spacial score (nSPS) is 13.4. The molecular formula is C24H29N3O4. The molecule has 0 aromatic heterocycles. The summed E-state index contributed by atoms with van der Waals surface area (Å²) >= 11 is 0. The Bertz CT molecular complexity index is 971. The number of hydrogen-bond acceptors (Lipinski definition) is 4. The second-order valence-electron chi connectivity index (χ2n) is 7.79. The van der Waals surface area contributed by atoms with Gasteiger partial charge in [0.05, 0.1) is 12.2 Å². The van der Waals surface area contributed by atoms with Gasteiger partial charge in [0.2, 0.25) is 11.8 Å². The predicted octanol–water partition coefficient (Wildman–Crippen LogP) is 3.74. The number of ether oxygens (including phenoxy) is 1. The Hall–Kier alpha value is -3.35. The first kappa shape index (κ1) is 22.3. The van der Waals surface area contributed by atoms with E-state index in [4.69, 9.17) is 4.74 Å². The summed E-state index contributed by atoms with van der Waals surface area (Å²) < 4.78 is 5.60. The van der Waals surface area contributed by atoms with Crippen molar-refractivity contribution in [3.8, 4) is 5.75 Å². The van der Waals surface area contributed by atoms with Gasteiger partial charge in [0, 0.05) is 36.8 Å². The van der Waals surface area contributed by atoms with E-state index in [9.17, 15) is 14.4 Å². The van der Waals surface area contributed by atoms with Gasteiger partial charge in [-0.2, -0.15) is 0 Å². The monoisotopic (exact) mass is 423 g/mol. The van der Waals surface area contributed by atoms with Crippen LogP contribution in [0.5, 0.6) is 5.75 Å². The highest BCUT2D eigenvalue weighted by molar-refractivity contribution is 6.00. The van der Waals surface area contributed by atoms with E-state index in [0.29, 0.717) is 36.6 Å². The van der Waals surface area contributed by atoms with E-state index >= 15 is 0 Å². The smallest absolute Gasteiger partial charge is 0.255 e. The molecule has 1 heterocycles. The van der Waals surface area contributed by atoms with Gasteiger partial charge in [-0.15, -0.1) is 0 Å². The van der Waals surface area contributed by atoms with Crippen molar-refractivity contribution in [1.82, 2.24) is 5.32 Å². The highest BCUT2D eigenvalue weighted by atomic mass is 16.5. The summed E-state index contributed by atoms with van der Waals surface area (Å²) in [5.41, 5.74) is 2.64. The highest BCUT2D eigenvalue weighted by Crippen LogP contribution is 2.25. The third kappa shape index (κ3) is 5.63. The Kier molecular flexibility index (Phi) is 7.28. The molecule has 2 N–H and O–H groups in total. The van der Waals surface area contributed by atoms with E-state index in [1.165, 1.54) is 0 Å². The van der Waals surface area contributed by atoms with Crippen molar-refractivity contribution in [2.45, 2.75) is 40.2 Å². The average molecular weight is 424 g/mol. The van der Waals surface area contributed by atoms with Crippen LogP contribution in [0.25, 0.3) is 0 Å². The lowest BCUT2D eigenvalue weighted by Crippen LogP contribution is -2.25. The van der Waals surface area contributed by atoms with Crippen LogP contribution in [0.15, 0.2) is 42.5 Å². The fraction of sp³-hybridized carbons (Fsp3) is 0.375. The summed E-state index contributed by atoms with van der Waals surface area (Å²) in [7, 11) is 0. The Labute approximate surface area is 182 Å². The second-order valence-corrected chi connectivity index (χ2v) is 7.79. The molecule has 0 saturated carbocycles. The summed E-state index contributed by atoms with van der Waals surface area (Å²) in [6.07, 6.45) is 1.44. The SMILES string of the molecule is CCOc1ccc(NC(=O)C(C)C)cc1C(=O)NCc1cccc(N2CCCC2=O)c1. The van der Waals surface area contributed by atoms with E-state index in [1.807, 2.05) is 31.2 Å². The molecule has 7 nitrogen and oxygen atoms in total. The molecule has 1 aliphatic rings. The second kappa shape index (κ2) is 10.1. The third-order valence-electron chi connectivity index (χ3n) is 5.06. The summed E-state index contributed by atoms with van der Waals surface area (Å²) in [6, 6.07) is 12.7. The lowest BCUT2D eigenvalue weighted by Gasteiger charge is -2.17. The van der Waals surface area contributed by atoms with Gasteiger partial charge >= 0.3 is 0 Å². The fourth-order valence-electron chi connectivity index (χ4n) is 3.39. The standard InChI is InChI=1S/C24H29N3O4/c1-4-31-21-11-10-18(26-23(29)16(2)3)14-20(21)24(30)25-15-17-7-5-8-19(13-17)27-12-6-9-22(27)28/h5,7-8,10-11,13-14,16H,4,6,9,12,15H2,1-3H3,(H,25,30)(H,26,29). The molecule has 1 fully saturated rings. The lowest BCUT2D eigenvalue weighted by atomic mass is 10.1. The van der Waals surface area contributed by atoms with Crippen molar-refractivity contribution in [3.63, 3.8) is 0 Å². The van der Waals surface area contributed by atoms with Crippen LogP contribution in [0.3, 0.4) is 0 Å². The van der Waals surface area contributed by atoms with E-state index in [1.54, 1.807) is 36.9 Å². The topological polar surface area (TPSA) is 87.7 Å². The summed E-state index contributed by atoms with van der Waals surface area (Å²) in [5, 5.41) is 5.72. The molecule has 0 unspecified atom stereocenters. The largest absolute Gasteiger partial charge is 0.493 e. The van der Waals surface area contributed by atoms with Gasteiger partial charge in [0.25, 0.3) is 5.91 Å². The van der Waals surface area contributed by atoms with Gasteiger partial charge in [-0.1, -0.05) is 26.0 Å². The Morgan fingerprint density at radius 3 is 2.65 bits per heavy atom. The van der Waals surface area contributed by atoms with Gasteiger partial charge in [0.15, 0.2) is 0 Å². The van der Waals surface area contributed by atoms with Crippen LogP contribution in [-0.4, -0.2) is 30.9 Å². The number of anilines is 2. The van der Waals surface area contributed by atoms with E-state index in [-0.39, 0.29) is 23.6 Å². The van der Waals surface area contributed by atoms with Gasteiger partial charge in [-0.05, 0) is 49.2 Å². The Balaban J connectivity index is 1.73. The Morgan fingerprint density at radius 2 is 1.97 bits per heavy atom. The van der Waals surface area contributed by atoms with Crippen molar-refractivity contribution < 1.29 is 19.1 Å².